The van der Waals surface area contributed by atoms with Crippen LogP contribution in [0.3, 0.4) is 0 Å². The van der Waals surface area contributed by atoms with E-state index >= 15 is 0 Å². The molecule has 1 fully saturated rings. The lowest BCUT2D eigenvalue weighted by atomic mass is 10.1. The molecule has 2 N–H and O–H groups in total. The van der Waals surface area contributed by atoms with Crippen LogP contribution in [-0.2, 0) is 9.47 Å². The van der Waals surface area contributed by atoms with Crippen molar-refractivity contribution in [2.24, 2.45) is 4.99 Å². The number of likely N-dealkylation sites (tertiary alicyclic amines) is 1. The molecule has 22 heavy (non-hydrogen) atoms. The number of methoxy groups -OCH3 is 1. The Bertz CT molecular complexity index is 274. The van der Waals surface area contributed by atoms with Gasteiger partial charge in [-0.3, -0.25) is 4.99 Å². The summed E-state index contributed by atoms with van der Waals surface area (Å²) >= 11 is 0. The SMILES string of the molecule is CCNC(=NCCN1CCCCC1)NCCOCCOC.I. The maximum atomic E-state index is 5.42. The second kappa shape index (κ2) is 15.8. The van der Waals surface area contributed by atoms with Crippen LogP contribution >= 0.6 is 24.0 Å². The zero-order chi connectivity index (χ0) is 15.2. The van der Waals surface area contributed by atoms with Crippen LogP contribution < -0.4 is 10.6 Å². The second-order valence-corrected chi connectivity index (χ2v) is 5.19. The van der Waals surface area contributed by atoms with E-state index in [0.717, 1.165) is 32.1 Å². The Kier molecular flexibility index (Phi) is 15.7. The first kappa shape index (κ1) is 21.9. The van der Waals surface area contributed by atoms with Gasteiger partial charge in [-0.2, -0.15) is 0 Å². The number of hydrogen-bond donors (Lipinski definition) is 2. The van der Waals surface area contributed by atoms with E-state index in [9.17, 15) is 0 Å². The smallest absolute Gasteiger partial charge is 0.191 e. The van der Waals surface area contributed by atoms with E-state index in [2.05, 4.69) is 27.4 Å². The van der Waals surface area contributed by atoms with Crippen molar-refractivity contribution in [2.75, 3.05) is 66.2 Å². The molecule has 0 spiro atoms. The van der Waals surface area contributed by atoms with E-state index in [1.165, 1.54) is 32.4 Å². The molecule has 0 atom stereocenters. The quantitative estimate of drug-likeness (QED) is 0.238. The molecule has 0 saturated carbocycles. The van der Waals surface area contributed by atoms with Crippen molar-refractivity contribution in [1.29, 1.82) is 0 Å². The summed E-state index contributed by atoms with van der Waals surface area (Å²) in [4.78, 5) is 7.12. The number of hydrogen-bond acceptors (Lipinski definition) is 4. The molecule has 0 aromatic rings. The first-order valence-corrected chi connectivity index (χ1v) is 8.18. The number of aliphatic imine (C=N–C) groups is 1. The summed E-state index contributed by atoms with van der Waals surface area (Å²) in [6.07, 6.45) is 4.05. The highest BCUT2D eigenvalue weighted by Gasteiger charge is 2.08. The lowest BCUT2D eigenvalue weighted by Crippen LogP contribution is -2.40. The van der Waals surface area contributed by atoms with Crippen LogP contribution in [0.25, 0.3) is 0 Å². The highest BCUT2D eigenvalue weighted by molar-refractivity contribution is 14.0. The van der Waals surface area contributed by atoms with Crippen LogP contribution in [0, 0.1) is 0 Å². The third-order valence-electron chi connectivity index (χ3n) is 3.45. The number of piperidine rings is 1. The molecule has 0 aromatic heterocycles. The first-order chi connectivity index (χ1) is 10.4. The van der Waals surface area contributed by atoms with Crippen LogP contribution in [-0.4, -0.2) is 77.1 Å². The van der Waals surface area contributed by atoms with Crippen molar-refractivity contribution in [1.82, 2.24) is 15.5 Å². The number of guanidine groups is 1. The molecule has 0 aromatic carbocycles. The summed E-state index contributed by atoms with van der Waals surface area (Å²) in [7, 11) is 1.68. The van der Waals surface area contributed by atoms with Crippen LogP contribution in [0.15, 0.2) is 4.99 Å². The summed E-state index contributed by atoms with van der Waals surface area (Å²) in [6.45, 7) is 10.0. The summed E-state index contributed by atoms with van der Waals surface area (Å²) < 4.78 is 10.4. The molecule has 6 nitrogen and oxygen atoms in total. The Morgan fingerprint density at radius 2 is 1.86 bits per heavy atom. The normalized spacial score (nSPS) is 16.2. The number of ether oxygens (including phenoxy) is 2. The van der Waals surface area contributed by atoms with Crippen LogP contribution in [0.2, 0.25) is 0 Å². The molecule has 0 radical (unpaired) electrons. The summed E-state index contributed by atoms with van der Waals surface area (Å²) in [5, 5.41) is 6.55. The predicted molar refractivity (Wildman–Crippen MR) is 102 cm³/mol. The topological polar surface area (TPSA) is 58.1 Å². The molecule has 1 aliphatic heterocycles. The predicted octanol–water partition coefficient (Wildman–Crippen LogP) is 1.31. The molecule has 0 unspecified atom stereocenters. The van der Waals surface area contributed by atoms with E-state index in [1.54, 1.807) is 7.11 Å². The molecular weight excluding hydrogens is 395 g/mol. The maximum Gasteiger partial charge on any atom is 0.191 e. The van der Waals surface area contributed by atoms with Crippen LogP contribution in [0.1, 0.15) is 26.2 Å². The van der Waals surface area contributed by atoms with Gasteiger partial charge in [-0.25, -0.2) is 0 Å². The largest absolute Gasteiger partial charge is 0.382 e. The van der Waals surface area contributed by atoms with Crippen molar-refractivity contribution < 1.29 is 9.47 Å². The van der Waals surface area contributed by atoms with E-state index in [0.29, 0.717) is 19.8 Å². The second-order valence-electron chi connectivity index (χ2n) is 5.19. The molecule has 0 aliphatic carbocycles. The average Bonchev–Trinajstić information content (AvgIpc) is 2.51. The summed E-state index contributed by atoms with van der Waals surface area (Å²) in [5.41, 5.74) is 0. The van der Waals surface area contributed by atoms with Gasteiger partial charge in [0.1, 0.15) is 0 Å². The Morgan fingerprint density at radius 3 is 2.55 bits per heavy atom. The van der Waals surface area contributed by atoms with E-state index in [4.69, 9.17) is 9.47 Å². The van der Waals surface area contributed by atoms with Crippen LogP contribution in [0.4, 0.5) is 0 Å². The lowest BCUT2D eigenvalue weighted by molar-refractivity contribution is 0.0733. The third-order valence-corrected chi connectivity index (χ3v) is 3.45. The molecular formula is C15H33IN4O2. The zero-order valence-corrected chi connectivity index (χ0v) is 16.4. The van der Waals surface area contributed by atoms with E-state index < -0.39 is 0 Å². The van der Waals surface area contributed by atoms with E-state index in [1.807, 2.05) is 0 Å². The van der Waals surface area contributed by atoms with Crippen LogP contribution in [0.5, 0.6) is 0 Å². The molecule has 1 rings (SSSR count). The fraction of sp³-hybridized carbons (Fsp3) is 0.933. The standard InChI is InChI=1S/C15H32N4O2.HI/c1-3-16-15(18-8-12-21-14-13-20-2)17-7-11-19-9-5-4-6-10-19;/h3-14H2,1-2H3,(H2,16,17,18);1H. The van der Waals surface area contributed by atoms with Gasteiger partial charge in [-0.05, 0) is 32.9 Å². The molecule has 132 valence electrons. The first-order valence-electron chi connectivity index (χ1n) is 8.18. The van der Waals surface area contributed by atoms with E-state index in [-0.39, 0.29) is 24.0 Å². The van der Waals surface area contributed by atoms with Gasteiger partial charge in [0.25, 0.3) is 0 Å². The Labute approximate surface area is 152 Å². The van der Waals surface area contributed by atoms with Crippen molar-refractivity contribution in [3.8, 4) is 0 Å². The Morgan fingerprint density at radius 1 is 1.09 bits per heavy atom. The minimum atomic E-state index is 0. The van der Waals surface area contributed by atoms with Gasteiger partial charge in [-0.1, -0.05) is 6.42 Å². The van der Waals surface area contributed by atoms with Crippen molar-refractivity contribution in [3.05, 3.63) is 0 Å². The summed E-state index contributed by atoms with van der Waals surface area (Å²) in [6, 6.07) is 0. The minimum absolute atomic E-state index is 0. The highest BCUT2D eigenvalue weighted by atomic mass is 127. The van der Waals surface area contributed by atoms with Gasteiger partial charge in [0.2, 0.25) is 0 Å². The highest BCUT2D eigenvalue weighted by Crippen LogP contribution is 2.07. The van der Waals surface area contributed by atoms with Gasteiger partial charge >= 0.3 is 0 Å². The van der Waals surface area contributed by atoms with Gasteiger partial charge in [-0.15, -0.1) is 24.0 Å². The zero-order valence-electron chi connectivity index (χ0n) is 14.1. The van der Waals surface area contributed by atoms with Gasteiger partial charge in [0.15, 0.2) is 5.96 Å². The Hall–Kier alpha value is -0.120. The van der Waals surface area contributed by atoms with Gasteiger partial charge < -0.3 is 25.0 Å². The molecule has 7 heteroatoms. The van der Waals surface area contributed by atoms with Gasteiger partial charge in [0, 0.05) is 26.7 Å². The minimum Gasteiger partial charge on any atom is -0.382 e. The average molecular weight is 428 g/mol. The fourth-order valence-electron chi connectivity index (χ4n) is 2.31. The fourth-order valence-corrected chi connectivity index (χ4v) is 2.31. The number of nitrogens with one attached hydrogen (secondary N) is 2. The summed E-state index contributed by atoms with van der Waals surface area (Å²) in [5.74, 6) is 0.879. The number of nitrogens with zero attached hydrogens (tertiary/aromatic N) is 2. The Balaban J connectivity index is 0.00000441. The third kappa shape index (κ3) is 11.4. The van der Waals surface area contributed by atoms with Crippen molar-refractivity contribution in [2.45, 2.75) is 26.2 Å². The molecule has 1 heterocycles. The number of rotatable bonds is 10. The van der Waals surface area contributed by atoms with Crippen molar-refractivity contribution >= 4 is 29.9 Å². The molecule has 0 bridgehead atoms. The monoisotopic (exact) mass is 428 g/mol. The lowest BCUT2D eigenvalue weighted by Gasteiger charge is -2.25. The van der Waals surface area contributed by atoms with Crippen molar-refractivity contribution in [3.63, 3.8) is 0 Å². The number of halogens is 1. The molecule has 1 saturated heterocycles. The molecule has 1 aliphatic rings. The van der Waals surface area contributed by atoms with Gasteiger partial charge in [0.05, 0.1) is 26.4 Å². The maximum absolute atomic E-state index is 5.42. The molecule has 0 amide bonds.